The number of carbonyl (C=O) groups excluding carboxylic acids is 1. The van der Waals surface area contributed by atoms with Crippen molar-refractivity contribution in [3.05, 3.63) is 28.8 Å². The number of nitrogens with zero attached hydrogens (tertiary/aromatic N) is 3. The van der Waals surface area contributed by atoms with E-state index in [1.54, 1.807) is 16.9 Å². The molecule has 2 aromatic rings. The Morgan fingerprint density at radius 3 is 3.08 bits per heavy atom. The minimum absolute atomic E-state index is 0.551. The first-order valence-corrected chi connectivity index (χ1v) is 4.04. The van der Waals surface area contributed by atoms with Gasteiger partial charge in [0.05, 0.1) is 29.7 Å². The van der Waals surface area contributed by atoms with Crippen molar-refractivity contribution in [2.75, 3.05) is 0 Å². The maximum absolute atomic E-state index is 10.5. The van der Waals surface area contributed by atoms with Crippen molar-refractivity contribution in [3.8, 4) is 0 Å². The van der Waals surface area contributed by atoms with E-state index in [0.717, 1.165) is 6.29 Å². The molecule has 0 aliphatic heterocycles. The summed E-state index contributed by atoms with van der Waals surface area (Å²) in [6.45, 7) is 0. The van der Waals surface area contributed by atoms with Crippen molar-refractivity contribution in [1.82, 2.24) is 14.6 Å². The number of hydrogen-bond acceptors (Lipinski definition) is 3. The van der Waals surface area contributed by atoms with E-state index in [1.807, 2.05) is 0 Å². The monoisotopic (exact) mass is 225 g/mol. The molecule has 0 saturated heterocycles. The quantitative estimate of drug-likeness (QED) is 0.688. The van der Waals surface area contributed by atoms with Gasteiger partial charge in [-0.15, -0.1) is 0 Å². The highest BCUT2D eigenvalue weighted by molar-refractivity contribution is 9.10. The number of fused-ring (bicyclic) bond motifs is 1. The lowest BCUT2D eigenvalue weighted by atomic mass is 10.3. The highest BCUT2D eigenvalue weighted by Gasteiger charge is 2.02. The fourth-order valence-electron chi connectivity index (χ4n) is 0.969. The molecule has 2 rings (SSSR count). The van der Waals surface area contributed by atoms with Gasteiger partial charge >= 0.3 is 0 Å². The zero-order valence-electron chi connectivity index (χ0n) is 5.94. The van der Waals surface area contributed by atoms with Crippen molar-refractivity contribution in [2.45, 2.75) is 0 Å². The fraction of sp³-hybridized carbons (Fsp3) is 0. The second-order valence-electron chi connectivity index (χ2n) is 2.26. The van der Waals surface area contributed by atoms with Gasteiger partial charge in [0.2, 0.25) is 0 Å². The van der Waals surface area contributed by atoms with Gasteiger partial charge in [-0.05, 0) is 15.9 Å². The van der Waals surface area contributed by atoms with Crippen molar-refractivity contribution >= 4 is 27.7 Å². The van der Waals surface area contributed by atoms with E-state index < -0.39 is 0 Å². The summed E-state index contributed by atoms with van der Waals surface area (Å²) in [5.74, 6) is 0. The summed E-state index contributed by atoms with van der Waals surface area (Å²) in [4.78, 5) is 14.5. The first-order valence-electron chi connectivity index (χ1n) is 3.25. The Morgan fingerprint density at radius 2 is 2.33 bits per heavy atom. The van der Waals surface area contributed by atoms with Crippen LogP contribution >= 0.6 is 15.9 Å². The molecule has 0 radical (unpaired) electrons. The van der Waals surface area contributed by atoms with Gasteiger partial charge in [0.1, 0.15) is 4.60 Å². The van der Waals surface area contributed by atoms with E-state index >= 15 is 0 Å². The summed E-state index contributed by atoms with van der Waals surface area (Å²) >= 11 is 3.20. The topological polar surface area (TPSA) is 47.3 Å². The van der Waals surface area contributed by atoms with Gasteiger partial charge in [0.25, 0.3) is 0 Å². The first-order chi connectivity index (χ1) is 5.81. The molecule has 0 aliphatic rings. The molecule has 2 aromatic heterocycles. The second kappa shape index (κ2) is 2.67. The van der Waals surface area contributed by atoms with Crippen LogP contribution in [0.5, 0.6) is 0 Å². The molecule has 0 atom stereocenters. The Morgan fingerprint density at radius 1 is 1.50 bits per heavy atom. The van der Waals surface area contributed by atoms with Crippen LogP contribution in [0.3, 0.4) is 0 Å². The zero-order valence-corrected chi connectivity index (χ0v) is 7.52. The Kier molecular flexibility index (Phi) is 1.65. The summed E-state index contributed by atoms with van der Waals surface area (Å²) in [5, 5.41) is 3.97. The third-order valence-corrected chi connectivity index (χ3v) is 1.94. The molecule has 2 heterocycles. The Labute approximate surface area is 76.4 Å². The van der Waals surface area contributed by atoms with Gasteiger partial charge < -0.3 is 0 Å². The average molecular weight is 226 g/mol. The highest BCUT2D eigenvalue weighted by Crippen LogP contribution is 2.10. The third kappa shape index (κ3) is 1.02. The lowest BCUT2D eigenvalue weighted by molar-refractivity contribution is 0.112. The smallest absolute Gasteiger partial charge is 0.153 e. The van der Waals surface area contributed by atoms with Gasteiger partial charge in [-0.2, -0.15) is 5.10 Å². The van der Waals surface area contributed by atoms with Gasteiger partial charge in [0, 0.05) is 0 Å². The molecule has 5 heteroatoms. The molecule has 0 spiro atoms. The van der Waals surface area contributed by atoms with Crippen LogP contribution in [0.2, 0.25) is 0 Å². The number of rotatable bonds is 1. The summed E-state index contributed by atoms with van der Waals surface area (Å²) in [6, 6.07) is 0. The van der Waals surface area contributed by atoms with E-state index in [0.29, 0.717) is 15.7 Å². The standard InChI is InChI=1S/C7H4BrN3O/c8-7-3-11-6(2-9-7)5(4-12)1-10-11/h1-4H. The zero-order chi connectivity index (χ0) is 8.55. The molecule has 0 aliphatic carbocycles. The first kappa shape index (κ1) is 7.42. The lowest BCUT2D eigenvalue weighted by Crippen LogP contribution is -1.88. The van der Waals surface area contributed by atoms with E-state index in [1.165, 1.54) is 6.20 Å². The molecule has 0 amide bonds. The van der Waals surface area contributed by atoms with Crippen LogP contribution in [0.4, 0.5) is 0 Å². The van der Waals surface area contributed by atoms with Gasteiger partial charge in [0.15, 0.2) is 6.29 Å². The maximum atomic E-state index is 10.5. The van der Waals surface area contributed by atoms with Crippen LogP contribution in [-0.4, -0.2) is 20.9 Å². The number of aldehydes is 1. The van der Waals surface area contributed by atoms with Crippen molar-refractivity contribution in [1.29, 1.82) is 0 Å². The van der Waals surface area contributed by atoms with Gasteiger partial charge in [-0.25, -0.2) is 9.50 Å². The highest BCUT2D eigenvalue weighted by atomic mass is 79.9. The fourth-order valence-corrected chi connectivity index (χ4v) is 1.27. The van der Waals surface area contributed by atoms with Crippen molar-refractivity contribution < 1.29 is 4.79 Å². The predicted octanol–water partition coefficient (Wildman–Crippen LogP) is 1.30. The molecule has 60 valence electrons. The molecular weight excluding hydrogens is 222 g/mol. The molecular formula is C7H4BrN3O. The number of halogens is 1. The minimum atomic E-state index is 0.551. The predicted molar refractivity (Wildman–Crippen MR) is 46.1 cm³/mol. The number of carbonyl (C=O) groups is 1. The molecule has 0 N–H and O–H groups in total. The van der Waals surface area contributed by atoms with Crippen LogP contribution in [0, 0.1) is 0 Å². The van der Waals surface area contributed by atoms with E-state index in [9.17, 15) is 4.79 Å². The lowest BCUT2D eigenvalue weighted by Gasteiger charge is -1.92. The normalized spacial score (nSPS) is 10.4. The van der Waals surface area contributed by atoms with Gasteiger partial charge in [-0.1, -0.05) is 0 Å². The van der Waals surface area contributed by atoms with Crippen molar-refractivity contribution in [3.63, 3.8) is 0 Å². The molecule has 0 aromatic carbocycles. The van der Waals surface area contributed by atoms with E-state index in [2.05, 4.69) is 26.0 Å². The molecule has 0 fully saturated rings. The van der Waals surface area contributed by atoms with Crippen LogP contribution in [0.15, 0.2) is 23.2 Å². The van der Waals surface area contributed by atoms with Crippen LogP contribution in [0.25, 0.3) is 5.52 Å². The Hall–Kier alpha value is -1.23. The van der Waals surface area contributed by atoms with Crippen LogP contribution < -0.4 is 0 Å². The Bertz CT molecular complexity index is 437. The van der Waals surface area contributed by atoms with Crippen LogP contribution in [0.1, 0.15) is 10.4 Å². The summed E-state index contributed by atoms with van der Waals surface area (Å²) in [5.41, 5.74) is 1.27. The van der Waals surface area contributed by atoms with Crippen LogP contribution in [-0.2, 0) is 0 Å². The van der Waals surface area contributed by atoms with E-state index in [4.69, 9.17) is 0 Å². The second-order valence-corrected chi connectivity index (χ2v) is 3.07. The molecule has 0 unspecified atom stereocenters. The molecule has 4 nitrogen and oxygen atoms in total. The summed E-state index contributed by atoms with van der Waals surface area (Å²) in [6.07, 6.45) is 5.57. The molecule has 0 bridgehead atoms. The number of aromatic nitrogens is 3. The summed E-state index contributed by atoms with van der Waals surface area (Å²) in [7, 11) is 0. The van der Waals surface area contributed by atoms with Crippen molar-refractivity contribution in [2.24, 2.45) is 0 Å². The van der Waals surface area contributed by atoms with E-state index in [-0.39, 0.29) is 0 Å². The largest absolute Gasteiger partial charge is 0.298 e. The third-order valence-electron chi connectivity index (χ3n) is 1.53. The Balaban J connectivity index is 2.81. The number of hydrogen-bond donors (Lipinski definition) is 0. The molecule has 12 heavy (non-hydrogen) atoms. The molecule has 0 saturated carbocycles. The maximum Gasteiger partial charge on any atom is 0.153 e. The minimum Gasteiger partial charge on any atom is -0.298 e. The van der Waals surface area contributed by atoms with Gasteiger partial charge in [-0.3, -0.25) is 4.79 Å². The average Bonchev–Trinajstić information content (AvgIpc) is 2.46. The SMILES string of the molecule is O=Cc1cnn2cc(Br)ncc12. The summed E-state index contributed by atoms with van der Waals surface area (Å²) < 4.78 is 2.29.